The van der Waals surface area contributed by atoms with E-state index in [1.54, 1.807) is 54.4 Å². The fourth-order valence-corrected chi connectivity index (χ4v) is 10.2. The first-order valence-electron chi connectivity index (χ1n) is 22.7. The molecule has 66 heavy (non-hydrogen) atoms. The third-order valence-corrected chi connectivity index (χ3v) is 13.3. The first-order valence-corrected chi connectivity index (χ1v) is 22.7. The second-order valence-electron chi connectivity index (χ2n) is 17.3. The van der Waals surface area contributed by atoms with Gasteiger partial charge < -0.3 is 34.2 Å². The number of carbonyl (C=O) groups excluding carboxylic acids is 1. The van der Waals surface area contributed by atoms with Crippen molar-refractivity contribution in [3.05, 3.63) is 172 Å². The lowest BCUT2D eigenvalue weighted by atomic mass is 9.55. The fourth-order valence-electron chi connectivity index (χ4n) is 10.2. The van der Waals surface area contributed by atoms with Gasteiger partial charge in [-0.2, -0.15) is 0 Å². The van der Waals surface area contributed by atoms with Crippen LogP contribution >= 0.6 is 0 Å². The molecule has 1 saturated carbocycles. The van der Waals surface area contributed by atoms with Gasteiger partial charge in [-0.05, 0) is 108 Å². The van der Waals surface area contributed by atoms with Gasteiger partial charge in [0.05, 0.1) is 23.2 Å². The summed E-state index contributed by atoms with van der Waals surface area (Å²) >= 11 is 0. The van der Waals surface area contributed by atoms with Crippen molar-refractivity contribution in [3.8, 4) is 11.5 Å². The lowest BCUT2D eigenvalue weighted by molar-refractivity contribution is -0.384. The first-order chi connectivity index (χ1) is 32.1. The monoisotopic (exact) mass is 897 g/mol. The van der Waals surface area contributed by atoms with Gasteiger partial charge in [0, 0.05) is 61.4 Å². The summed E-state index contributed by atoms with van der Waals surface area (Å²) in [5.74, 6) is -1.90. The number of amides is 1. The molecule has 13 heteroatoms. The van der Waals surface area contributed by atoms with Gasteiger partial charge in [0.15, 0.2) is 0 Å². The maximum atomic E-state index is 14.9. The van der Waals surface area contributed by atoms with Crippen molar-refractivity contribution in [1.29, 1.82) is 0 Å². The van der Waals surface area contributed by atoms with Crippen molar-refractivity contribution in [3.63, 3.8) is 0 Å². The van der Waals surface area contributed by atoms with Gasteiger partial charge in [-0.3, -0.25) is 14.9 Å². The zero-order chi connectivity index (χ0) is 46.2. The summed E-state index contributed by atoms with van der Waals surface area (Å²) in [7, 11) is 1.76. The Labute approximate surface area is 384 Å². The van der Waals surface area contributed by atoms with Crippen LogP contribution in [0.2, 0.25) is 0 Å². The molecule has 1 heterocycles. The van der Waals surface area contributed by atoms with Gasteiger partial charge in [-0.25, -0.2) is 4.39 Å². The van der Waals surface area contributed by atoms with E-state index in [2.05, 4.69) is 12.7 Å². The number of carbonyl (C=O) groups is 1. The Morgan fingerprint density at radius 2 is 1.68 bits per heavy atom. The molecule has 0 bridgehead atoms. The van der Waals surface area contributed by atoms with Crippen LogP contribution in [0.5, 0.6) is 11.5 Å². The number of unbranched alkanes of at least 4 members (excludes halogenated alkanes) is 2. The van der Waals surface area contributed by atoms with Crippen LogP contribution < -0.4 is 9.47 Å². The Balaban J connectivity index is 1.28. The second kappa shape index (κ2) is 20.8. The summed E-state index contributed by atoms with van der Waals surface area (Å²) in [5, 5.41) is 38.1. The van der Waals surface area contributed by atoms with Crippen LogP contribution in [0.3, 0.4) is 0 Å². The number of aliphatic hydroxyl groups is 2. The molecule has 0 saturated heterocycles. The van der Waals surface area contributed by atoms with E-state index in [4.69, 9.17) is 24.2 Å². The number of nitro groups is 1. The molecule has 344 valence electrons. The maximum absolute atomic E-state index is 14.9. The first kappa shape index (κ1) is 46.1. The zero-order valence-corrected chi connectivity index (χ0v) is 37.1. The molecule has 5 aromatic carbocycles. The molecule has 6 atom stereocenters. The lowest BCUT2D eigenvalue weighted by Crippen LogP contribution is -2.69. The molecule has 0 aromatic heterocycles. The number of likely N-dealkylation sites (N-methyl/N-ethyl adjacent to an activating group) is 1. The normalized spacial score (nSPS) is 22.4. The Morgan fingerprint density at radius 1 is 0.939 bits per heavy atom. The van der Waals surface area contributed by atoms with Crippen LogP contribution in [0, 0.1) is 33.7 Å². The summed E-state index contributed by atoms with van der Waals surface area (Å²) < 4.78 is 35.4. The van der Waals surface area contributed by atoms with Gasteiger partial charge >= 0.3 is 0 Å². The number of aliphatic hydroxyl groups excluding tert-OH is 2. The van der Waals surface area contributed by atoms with Gasteiger partial charge in [0.2, 0.25) is 5.79 Å². The third-order valence-electron chi connectivity index (χ3n) is 13.3. The molecule has 5 aromatic rings. The highest BCUT2D eigenvalue weighted by Gasteiger charge is 2.65. The molecule has 12 nitrogen and oxygen atoms in total. The highest BCUT2D eigenvalue weighted by molar-refractivity contribution is 6.04. The van der Waals surface area contributed by atoms with Crippen LogP contribution in [0.15, 0.2) is 139 Å². The van der Waals surface area contributed by atoms with Crippen molar-refractivity contribution in [2.45, 2.75) is 75.9 Å². The highest BCUT2D eigenvalue weighted by atomic mass is 19.1. The molecule has 3 aliphatic rings. The van der Waals surface area contributed by atoms with Crippen molar-refractivity contribution in [1.82, 2.24) is 4.90 Å². The van der Waals surface area contributed by atoms with E-state index in [9.17, 15) is 29.5 Å². The zero-order valence-electron chi connectivity index (χ0n) is 37.1. The molecule has 1 fully saturated rings. The third kappa shape index (κ3) is 9.60. The number of allylic oxidation sites excluding steroid dienone is 1. The summed E-state index contributed by atoms with van der Waals surface area (Å²) in [6.07, 6.45) is 8.36. The maximum Gasteiger partial charge on any atom is 0.269 e. The molecule has 0 spiro atoms. The summed E-state index contributed by atoms with van der Waals surface area (Å²) in [6.45, 7) is 4.26. The topological polar surface area (TPSA) is 153 Å². The summed E-state index contributed by atoms with van der Waals surface area (Å²) in [6, 6.07) is 31.0. The van der Waals surface area contributed by atoms with Crippen molar-refractivity contribution < 1.29 is 43.4 Å². The van der Waals surface area contributed by atoms with Crippen LogP contribution in [-0.2, 0) is 22.8 Å². The number of fused-ring (bicyclic) bond motifs is 3. The Morgan fingerprint density at radius 3 is 2.42 bits per heavy atom. The largest absolute Gasteiger partial charge is 0.489 e. The Kier molecular flexibility index (Phi) is 14.6. The van der Waals surface area contributed by atoms with Crippen LogP contribution in [0.1, 0.15) is 77.9 Å². The molecular weight excluding hydrogens is 842 g/mol. The molecule has 1 aliphatic heterocycles. The molecule has 8 rings (SSSR count). The van der Waals surface area contributed by atoms with E-state index in [1.807, 2.05) is 54.6 Å². The van der Waals surface area contributed by atoms with Crippen molar-refractivity contribution in [2.75, 3.05) is 26.9 Å². The number of hydrogen-bond acceptors (Lipinski definition) is 10. The summed E-state index contributed by atoms with van der Waals surface area (Å²) in [4.78, 5) is 33.7. The number of nitrogens with zero attached hydrogens (tertiary/aromatic N) is 3. The van der Waals surface area contributed by atoms with Crippen molar-refractivity contribution in [2.24, 2.45) is 22.9 Å². The van der Waals surface area contributed by atoms with E-state index >= 15 is 0 Å². The SMILES string of the molecule is C=CCOC12Oc3ccc(OCc4ccccc4F)cc3C3C(CCCCO)C(CCCCO)C=C(C(=NOCc4ccc([N+](=O)[O-])cc4)CC1N(C)C(=O)c1ccc4ccccc4c1)C32. The van der Waals surface area contributed by atoms with Crippen molar-refractivity contribution >= 4 is 28.1 Å². The number of ether oxygens (including phenoxy) is 3. The molecule has 0 radical (unpaired) electrons. The molecule has 2 N–H and O–H groups in total. The Bertz CT molecular complexity index is 2600. The van der Waals surface area contributed by atoms with E-state index in [0.717, 1.165) is 47.6 Å². The highest BCUT2D eigenvalue weighted by Crippen LogP contribution is 2.62. The number of non-ortho nitro benzene ring substituents is 1. The van der Waals surface area contributed by atoms with Crippen LogP contribution in [-0.4, -0.2) is 70.4 Å². The number of benzene rings is 5. The number of oxime groups is 1. The minimum Gasteiger partial charge on any atom is -0.489 e. The molecule has 2 aliphatic carbocycles. The number of nitro benzene ring substituents is 1. The minimum absolute atomic E-state index is 0.00825. The number of hydrogen-bond donors (Lipinski definition) is 2. The number of halogens is 1. The van der Waals surface area contributed by atoms with Gasteiger partial charge in [-0.1, -0.05) is 78.7 Å². The van der Waals surface area contributed by atoms with E-state index in [1.165, 1.54) is 18.2 Å². The van der Waals surface area contributed by atoms with Crippen LogP contribution in [0.25, 0.3) is 10.8 Å². The van der Waals surface area contributed by atoms with E-state index in [-0.39, 0.29) is 74.6 Å². The average Bonchev–Trinajstić information content (AvgIpc) is 3.33. The minimum atomic E-state index is -1.48. The Hall–Kier alpha value is -6.41. The smallest absolute Gasteiger partial charge is 0.269 e. The number of rotatable bonds is 20. The van der Waals surface area contributed by atoms with E-state index < -0.39 is 22.7 Å². The predicted molar refractivity (Wildman–Crippen MR) is 250 cm³/mol. The molecular formula is C53H56FN3O9. The van der Waals surface area contributed by atoms with Crippen LogP contribution in [0.4, 0.5) is 10.1 Å². The quantitative estimate of drug-likeness (QED) is 0.0336. The second-order valence-corrected chi connectivity index (χ2v) is 17.3. The van der Waals surface area contributed by atoms with Gasteiger partial charge in [-0.15, -0.1) is 6.58 Å². The van der Waals surface area contributed by atoms with Gasteiger partial charge in [0.25, 0.3) is 11.6 Å². The lowest BCUT2D eigenvalue weighted by Gasteiger charge is -2.59. The average molecular weight is 898 g/mol. The molecule has 6 unspecified atom stereocenters. The fraction of sp³-hybridized carbons (Fsp3) is 0.358. The predicted octanol–water partition coefficient (Wildman–Crippen LogP) is 10.1. The standard InChI is InChI=1S/C53H56FN3O9/c1-3-28-64-53-49(56(2)52(60)39-21-20-36-12-4-5-13-37(36)29-39)32-47(55-65-33-35-18-22-41(23-19-35)57(61)62)44-30-38(14-8-10-26-58)43(16-9-11-27-59)50(51(44)53)45-31-42(24-25-48(45)66-53)63-34-40-15-6-7-17-46(40)54/h3-7,12-13,15,17-25,29-31,38,43,49-51,58-59H,1,8-11,14,16,26-28,32-34H2,2H3. The summed E-state index contributed by atoms with van der Waals surface area (Å²) in [5.41, 5.74) is 3.88. The van der Waals surface area contributed by atoms with Gasteiger partial charge in [0.1, 0.15) is 36.6 Å². The molecule has 1 amide bonds. The van der Waals surface area contributed by atoms with E-state index in [0.29, 0.717) is 46.7 Å².